The monoisotopic (exact) mass is 399 g/mol. The number of hydrogen-bond donors (Lipinski definition) is 0. The summed E-state index contributed by atoms with van der Waals surface area (Å²) in [5.41, 5.74) is 4.83. The summed E-state index contributed by atoms with van der Waals surface area (Å²) in [6, 6.07) is 17.6. The molecule has 0 aliphatic carbocycles. The van der Waals surface area contributed by atoms with E-state index in [-0.39, 0.29) is 0 Å². The highest BCUT2D eigenvalue weighted by molar-refractivity contribution is 5.95. The fourth-order valence-corrected chi connectivity index (χ4v) is 3.70. The van der Waals surface area contributed by atoms with Crippen molar-refractivity contribution < 1.29 is 9.47 Å². The molecule has 5 aromatic rings. The average molecular weight is 399 g/mol. The predicted molar refractivity (Wildman–Crippen MR) is 114 cm³/mol. The van der Waals surface area contributed by atoms with E-state index in [0.29, 0.717) is 12.4 Å². The molecule has 3 heterocycles. The van der Waals surface area contributed by atoms with Gasteiger partial charge in [-0.3, -0.25) is 4.57 Å². The van der Waals surface area contributed by atoms with Crippen molar-refractivity contribution in [2.75, 3.05) is 7.11 Å². The second-order valence-electron chi connectivity index (χ2n) is 7.09. The number of nitrogens with zero attached hydrogens (tertiary/aromatic N) is 5. The van der Waals surface area contributed by atoms with E-state index in [9.17, 15) is 0 Å². The Bertz CT molecular complexity index is 1350. The maximum atomic E-state index is 5.81. The lowest BCUT2D eigenvalue weighted by atomic mass is 10.2. The Labute approximate surface area is 173 Å². The molecule has 0 amide bonds. The molecule has 0 bridgehead atoms. The predicted octanol–water partition coefficient (Wildman–Crippen LogP) is 4.27. The molecule has 0 saturated carbocycles. The lowest BCUT2D eigenvalue weighted by Crippen LogP contribution is -2.00. The summed E-state index contributed by atoms with van der Waals surface area (Å²) >= 11 is 0. The van der Waals surface area contributed by atoms with Crippen LogP contribution in [0.1, 0.15) is 17.1 Å². The van der Waals surface area contributed by atoms with Crippen LogP contribution in [0.15, 0.2) is 60.9 Å². The van der Waals surface area contributed by atoms with Crippen LogP contribution < -0.4 is 9.47 Å². The first-order chi connectivity index (χ1) is 14.7. The number of methoxy groups -OCH3 is 1. The number of ether oxygens (including phenoxy) is 2. The zero-order valence-electron chi connectivity index (χ0n) is 17.0. The molecule has 2 aromatic carbocycles. The lowest BCUT2D eigenvalue weighted by molar-refractivity contribution is 0.296. The Morgan fingerprint density at radius 2 is 1.73 bits per heavy atom. The van der Waals surface area contributed by atoms with E-state index in [2.05, 4.69) is 23.5 Å². The van der Waals surface area contributed by atoms with Gasteiger partial charge in [-0.1, -0.05) is 24.3 Å². The smallest absolute Gasteiger partial charge is 0.189 e. The van der Waals surface area contributed by atoms with Crippen molar-refractivity contribution in [1.29, 1.82) is 0 Å². The first-order valence-corrected chi connectivity index (χ1v) is 9.70. The Kier molecular flexibility index (Phi) is 4.35. The van der Waals surface area contributed by atoms with E-state index in [4.69, 9.17) is 19.4 Å². The molecule has 0 fully saturated rings. The second-order valence-corrected chi connectivity index (χ2v) is 7.09. The van der Waals surface area contributed by atoms with E-state index < -0.39 is 0 Å². The quantitative estimate of drug-likeness (QED) is 0.441. The van der Waals surface area contributed by atoms with Gasteiger partial charge in [-0.15, -0.1) is 5.10 Å². The first kappa shape index (κ1) is 18.2. The summed E-state index contributed by atoms with van der Waals surface area (Å²) in [4.78, 5) is 9.44. The third-order valence-electron chi connectivity index (χ3n) is 5.30. The van der Waals surface area contributed by atoms with Crippen molar-refractivity contribution in [1.82, 2.24) is 24.1 Å². The summed E-state index contributed by atoms with van der Waals surface area (Å²) in [7, 11) is 1.67. The van der Waals surface area contributed by atoms with Crippen LogP contribution in [0.25, 0.3) is 22.4 Å². The van der Waals surface area contributed by atoms with Crippen LogP contribution in [0.2, 0.25) is 0 Å². The average Bonchev–Trinajstić information content (AvgIpc) is 3.31. The topological polar surface area (TPSA) is 66.5 Å². The fraction of sp³-hybridized carbons (Fsp3) is 0.174. The zero-order valence-corrected chi connectivity index (χ0v) is 17.0. The van der Waals surface area contributed by atoms with Crippen molar-refractivity contribution in [3.05, 3.63) is 78.0 Å². The number of rotatable bonds is 5. The highest BCUT2D eigenvalue weighted by Gasteiger charge is 2.19. The van der Waals surface area contributed by atoms with Crippen LogP contribution in [-0.2, 0) is 6.61 Å². The number of fused-ring (bicyclic) bond motifs is 3. The van der Waals surface area contributed by atoms with Gasteiger partial charge in [-0.2, -0.15) is 0 Å². The van der Waals surface area contributed by atoms with Gasteiger partial charge < -0.3 is 9.47 Å². The zero-order chi connectivity index (χ0) is 20.7. The molecule has 0 N–H and O–H groups in total. The van der Waals surface area contributed by atoms with Crippen LogP contribution in [0.4, 0.5) is 0 Å². The van der Waals surface area contributed by atoms with Crippen LogP contribution in [0.5, 0.6) is 11.5 Å². The highest BCUT2D eigenvalue weighted by Crippen LogP contribution is 2.30. The van der Waals surface area contributed by atoms with Gasteiger partial charge in [-0.05, 0) is 43.7 Å². The van der Waals surface area contributed by atoms with Gasteiger partial charge in [0, 0.05) is 11.8 Å². The number of aryl methyl sites for hydroxylation is 1. The molecule has 0 unspecified atom stereocenters. The van der Waals surface area contributed by atoms with Gasteiger partial charge in [0.15, 0.2) is 17.1 Å². The van der Waals surface area contributed by atoms with E-state index in [1.807, 2.05) is 54.6 Å². The summed E-state index contributed by atoms with van der Waals surface area (Å²) in [6.07, 6.45) is 1.70. The van der Waals surface area contributed by atoms with Crippen molar-refractivity contribution in [3.63, 3.8) is 0 Å². The third kappa shape index (κ3) is 2.95. The summed E-state index contributed by atoms with van der Waals surface area (Å²) in [5.74, 6) is 2.20. The molecule has 7 nitrogen and oxygen atoms in total. The van der Waals surface area contributed by atoms with Crippen molar-refractivity contribution in [2.45, 2.75) is 20.5 Å². The van der Waals surface area contributed by atoms with Gasteiger partial charge in [0.25, 0.3) is 0 Å². The van der Waals surface area contributed by atoms with Crippen LogP contribution in [0.3, 0.4) is 0 Å². The molecule has 5 rings (SSSR count). The normalized spacial score (nSPS) is 11.3. The van der Waals surface area contributed by atoms with Gasteiger partial charge >= 0.3 is 0 Å². The minimum atomic E-state index is 0.293. The molecular formula is C23H21N5O2. The molecule has 0 aliphatic heterocycles. The van der Waals surface area contributed by atoms with Gasteiger partial charge in [0.1, 0.15) is 24.4 Å². The van der Waals surface area contributed by atoms with Crippen molar-refractivity contribution >= 4 is 16.7 Å². The highest BCUT2D eigenvalue weighted by atomic mass is 16.5. The second kappa shape index (κ2) is 7.18. The standard InChI is InChI=1S/C23H21N5O2/c1-15-16(2)28(17-8-7-11-19(12-17)29-3)22-21(15)23-25-20(26-27(23)14-24-22)13-30-18-9-5-4-6-10-18/h4-12,14H,13H2,1-3H3. The van der Waals surface area contributed by atoms with E-state index in [1.165, 1.54) is 0 Å². The summed E-state index contributed by atoms with van der Waals surface area (Å²) < 4.78 is 15.1. The molecule has 0 saturated heterocycles. The first-order valence-electron chi connectivity index (χ1n) is 9.70. The van der Waals surface area contributed by atoms with Crippen molar-refractivity contribution in [2.24, 2.45) is 0 Å². The third-order valence-corrected chi connectivity index (χ3v) is 5.30. The van der Waals surface area contributed by atoms with Crippen LogP contribution in [-0.4, -0.2) is 31.3 Å². The molecule has 0 atom stereocenters. The minimum absolute atomic E-state index is 0.293. The Morgan fingerprint density at radius 1 is 0.933 bits per heavy atom. The summed E-state index contributed by atoms with van der Waals surface area (Å²) in [6.45, 7) is 4.47. The molecule has 0 spiro atoms. The molecule has 0 radical (unpaired) electrons. The van der Waals surface area contributed by atoms with E-state index in [0.717, 1.165) is 45.1 Å². The number of hydrogen-bond acceptors (Lipinski definition) is 5. The maximum absolute atomic E-state index is 5.81. The SMILES string of the molecule is COc1cccc(-n2c(C)c(C)c3c2ncn2nc(COc4ccccc4)nc32)c1. The van der Waals surface area contributed by atoms with Gasteiger partial charge in [0.2, 0.25) is 0 Å². The Morgan fingerprint density at radius 3 is 2.53 bits per heavy atom. The number of para-hydroxylation sites is 1. The van der Waals surface area contributed by atoms with E-state index >= 15 is 0 Å². The number of benzene rings is 2. The molecular weight excluding hydrogens is 378 g/mol. The lowest BCUT2D eigenvalue weighted by Gasteiger charge is -2.09. The fourth-order valence-electron chi connectivity index (χ4n) is 3.70. The van der Waals surface area contributed by atoms with Gasteiger partial charge in [-0.25, -0.2) is 14.5 Å². The molecule has 3 aromatic heterocycles. The Balaban J connectivity index is 1.60. The molecule has 7 heteroatoms. The minimum Gasteiger partial charge on any atom is -0.497 e. The molecule has 0 aliphatic rings. The van der Waals surface area contributed by atoms with Crippen molar-refractivity contribution in [3.8, 4) is 17.2 Å². The van der Waals surface area contributed by atoms with Crippen LogP contribution >= 0.6 is 0 Å². The molecule has 30 heavy (non-hydrogen) atoms. The van der Waals surface area contributed by atoms with Gasteiger partial charge in [0.05, 0.1) is 18.2 Å². The largest absolute Gasteiger partial charge is 0.497 e. The molecule has 150 valence electrons. The number of aromatic nitrogens is 5. The maximum Gasteiger partial charge on any atom is 0.189 e. The van der Waals surface area contributed by atoms with E-state index in [1.54, 1.807) is 18.0 Å². The summed E-state index contributed by atoms with van der Waals surface area (Å²) in [5, 5.41) is 5.53. The van der Waals surface area contributed by atoms with Crippen LogP contribution in [0, 0.1) is 13.8 Å². The Hall–Kier alpha value is -3.87.